The molecule has 1 aliphatic heterocycles. The summed E-state index contributed by atoms with van der Waals surface area (Å²) in [5.41, 5.74) is 4.19. The summed E-state index contributed by atoms with van der Waals surface area (Å²) in [5, 5.41) is 2.83. The zero-order valence-corrected chi connectivity index (χ0v) is 19.4. The number of carbonyl (C=O) groups excluding carboxylic acids is 2. The first-order valence-corrected chi connectivity index (χ1v) is 11.1. The first kappa shape index (κ1) is 23.3. The molecule has 0 aromatic heterocycles. The lowest BCUT2D eigenvalue weighted by atomic mass is 10.1. The third-order valence-electron chi connectivity index (χ3n) is 5.54. The van der Waals surface area contributed by atoms with Crippen LogP contribution in [0.25, 0.3) is 0 Å². The highest BCUT2D eigenvalue weighted by molar-refractivity contribution is 6.06. The fourth-order valence-electron chi connectivity index (χ4n) is 3.72. The van der Waals surface area contributed by atoms with E-state index in [1.165, 1.54) is 0 Å². The molecule has 1 aliphatic rings. The minimum atomic E-state index is -0.166. The molecule has 0 fully saturated rings. The Labute approximate surface area is 199 Å². The molecular formula is C27H28N2O5. The van der Waals surface area contributed by atoms with Crippen molar-refractivity contribution in [3.8, 4) is 11.5 Å². The van der Waals surface area contributed by atoms with E-state index >= 15 is 0 Å². The van der Waals surface area contributed by atoms with Crippen LogP contribution >= 0.6 is 0 Å². The second-order valence-electron chi connectivity index (χ2n) is 8.13. The third kappa shape index (κ3) is 5.74. The van der Waals surface area contributed by atoms with Gasteiger partial charge in [0.15, 0.2) is 11.5 Å². The minimum absolute atomic E-state index is 0.0959. The number of aryl methyl sites for hydroxylation is 1. The number of hydrogen-bond acceptors (Lipinski definition) is 5. The molecule has 4 rings (SSSR count). The Hall–Kier alpha value is -3.84. The van der Waals surface area contributed by atoms with Gasteiger partial charge in [0.1, 0.15) is 0 Å². The topological polar surface area (TPSA) is 77.1 Å². The standard InChI is InChI=1S/C27H28N2O5/c1-19-6-8-20(9-7-19)17-29(27(31)22-10-11-24-25(16-22)34-18-33-24)23-5-3-4-21(14-23)15-26(30)28-12-13-32-2/h3-11,14,16H,12-13,15,17-18H2,1-2H3,(H,28,30). The number of anilines is 1. The van der Waals surface area contributed by atoms with Crippen molar-refractivity contribution >= 4 is 17.5 Å². The summed E-state index contributed by atoms with van der Waals surface area (Å²) in [6, 6.07) is 20.8. The highest BCUT2D eigenvalue weighted by Gasteiger charge is 2.22. The molecule has 1 heterocycles. The fraction of sp³-hybridized carbons (Fsp3) is 0.259. The van der Waals surface area contributed by atoms with Gasteiger partial charge in [-0.2, -0.15) is 0 Å². The van der Waals surface area contributed by atoms with Crippen LogP contribution in [0.15, 0.2) is 66.7 Å². The zero-order chi connectivity index (χ0) is 23.9. The quantitative estimate of drug-likeness (QED) is 0.491. The number of ether oxygens (including phenoxy) is 3. The van der Waals surface area contributed by atoms with E-state index in [1.807, 2.05) is 55.5 Å². The van der Waals surface area contributed by atoms with Crippen molar-refractivity contribution in [2.75, 3.05) is 32.0 Å². The zero-order valence-electron chi connectivity index (χ0n) is 19.4. The molecule has 0 spiro atoms. The van der Waals surface area contributed by atoms with Crippen molar-refractivity contribution in [3.05, 3.63) is 89.0 Å². The molecule has 2 amide bonds. The Morgan fingerprint density at radius 2 is 1.76 bits per heavy atom. The highest BCUT2D eigenvalue weighted by atomic mass is 16.7. The highest BCUT2D eigenvalue weighted by Crippen LogP contribution is 2.33. The molecular weight excluding hydrogens is 432 g/mol. The van der Waals surface area contributed by atoms with Crippen LogP contribution in [0, 0.1) is 6.92 Å². The molecule has 176 valence electrons. The number of benzene rings is 3. The predicted octanol–water partition coefficient (Wildman–Crippen LogP) is 3.88. The first-order chi connectivity index (χ1) is 16.5. The van der Waals surface area contributed by atoms with Crippen molar-refractivity contribution in [3.63, 3.8) is 0 Å². The van der Waals surface area contributed by atoms with E-state index in [0.717, 1.165) is 16.7 Å². The first-order valence-electron chi connectivity index (χ1n) is 11.1. The third-order valence-corrected chi connectivity index (χ3v) is 5.54. The van der Waals surface area contributed by atoms with Crippen LogP contribution in [-0.2, 0) is 22.5 Å². The number of nitrogens with one attached hydrogen (secondary N) is 1. The summed E-state index contributed by atoms with van der Waals surface area (Å²) >= 11 is 0. The molecule has 3 aromatic rings. The molecule has 0 aliphatic carbocycles. The van der Waals surface area contributed by atoms with Crippen LogP contribution in [0.4, 0.5) is 5.69 Å². The van der Waals surface area contributed by atoms with Crippen LogP contribution in [0.2, 0.25) is 0 Å². The number of fused-ring (bicyclic) bond motifs is 1. The molecule has 34 heavy (non-hydrogen) atoms. The average molecular weight is 461 g/mol. The van der Waals surface area contributed by atoms with Gasteiger partial charge in [-0.05, 0) is 48.4 Å². The van der Waals surface area contributed by atoms with Gasteiger partial charge < -0.3 is 24.4 Å². The number of methoxy groups -OCH3 is 1. The van der Waals surface area contributed by atoms with Gasteiger partial charge in [-0.3, -0.25) is 9.59 Å². The summed E-state index contributed by atoms with van der Waals surface area (Å²) in [6.45, 7) is 3.48. The molecule has 7 nitrogen and oxygen atoms in total. The van der Waals surface area contributed by atoms with Crippen molar-refractivity contribution in [1.82, 2.24) is 5.32 Å². The smallest absolute Gasteiger partial charge is 0.258 e. The fourth-order valence-corrected chi connectivity index (χ4v) is 3.72. The lowest BCUT2D eigenvalue weighted by Crippen LogP contribution is -2.31. The van der Waals surface area contributed by atoms with Gasteiger partial charge in [0.25, 0.3) is 5.91 Å². The Morgan fingerprint density at radius 3 is 2.56 bits per heavy atom. The monoisotopic (exact) mass is 460 g/mol. The molecule has 0 bridgehead atoms. The number of hydrogen-bond donors (Lipinski definition) is 1. The van der Waals surface area contributed by atoms with Crippen LogP contribution in [-0.4, -0.2) is 38.9 Å². The number of carbonyl (C=O) groups is 2. The van der Waals surface area contributed by atoms with Gasteiger partial charge in [-0.25, -0.2) is 0 Å². The lowest BCUT2D eigenvalue weighted by Gasteiger charge is -2.24. The Balaban J connectivity index is 1.60. The van der Waals surface area contributed by atoms with Gasteiger partial charge in [0.05, 0.1) is 19.6 Å². The van der Waals surface area contributed by atoms with Gasteiger partial charge >= 0.3 is 0 Å². The minimum Gasteiger partial charge on any atom is -0.454 e. The van der Waals surface area contributed by atoms with E-state index in [4.69, 9.17) is 14.2 Å². The van der Waals surface area contributed by atoms with E-state index in [2.05, 4.69) is 5.32 Å². The maximum atomic E-state index is 13.7. The van der Waals surface area contributed by atoms with Crippen LogP contribution in [0.1, 0.15) is 27.0 Å². The van der Waals surface area contributed by atoms with Crippen molar-refractivity contribution in [1.29, 1.82) is 0 Å². The average Bonchev–Trinajstić information content (AvgIpc) is 3.31. The summed E-state index contributed by atoms with van der Waals surface area (Å²) in [7, 11) is 1.59. The van der Waals surface area contributed by atoms with Crippen LogP contribution in [0.5, 0.6) is 11.5 Å². The second kappa shape index (κ2) is 10.9. The largest absolute Gasteiger partial charge is 0.454 e. The number of rotatable bonds is 9. The summed E-state index contributed by atoms with van der Waals surface area (Å²) in [4.78, 5) is 27.7. The van der Waals surface area contributed by atoms with Gasteiger partial charge in [0, 0.05) is 24.9 Å². The molecule has 1 N–H and O–H groups in total. The van der Waals surface area contributed by atoms with Crippen molar-refractivity contribution < 1.29 is 23.8 Å². The normalized spacial score (nSPS) is 11.8. The van der Waals surface area contributed by atoms with Gasteiger partial charge in [-0.1, -0.05) is 42.0 Å². The molecule has 7 heteroatoms. The van der Waals surface area contributed by atoms with E-state index < -0.39 is 0 Å². The van der Waals surface area contributed by atoms with Crippen LogP contribution in [0.3, 0.4) is 0 Å². The molecule has 3 aromatic carbocycles. The van der Waals surface area contributed by atoms with Gasteiger partial charge in [0.2, 0.25) is 12.7 Å². The predicted molar refractivity (Wildman–Crippen MR) is 129 cm³/mol. The second-order valence-corrected chi connectivity index (χ2v) is 8.13. The lowest BCUT2D eigenvalue weighted by molar-refractivity contribution is -0.120. The van der Waals surface area contributed by atoms with E-state index in [9.17, 15) is 9.59 Å². The number of amides is 2. The van der Waals surface area contributed by atoms with E-state index in [-0.39, 0.29) is 25.0 Å². The Morgan fingerprint density at radius 1 is 0.971 bits per heavy atom. The number of nitrogens with zero attached hydrogens (tertiary/aromatic N) is 1. The molecule has 0 unspecified atom stereocenters. The van der Waals surface area contributed by atoms with Crippen molar-refractivity contribution in [2.45, 2.75) is 19.9 Å². The summed E-state index contributed by atoms with van der Waals surface area (Å²) in [5.74, 6) is 0.924. The van der Waals surface area contributed by atoms with E-state index in [0.29, 0.717) is 42.4 Å². The Bertz CT molecular complexity index is 1160. The molecule has 0 atom stereocenters. The summed E-state index contributed by atoms with van der Waals surface area (Å²) < 4.78 is 15.8. The van der Waals surface area contributed by atoms with Gasteiger partial charge in [-0.15, -0.1) is 0 Å². The van der Waals surface area contributed by atoms with Crippen LogP contribution < -0.4 is 19.7 Å². The molecule has 0 radical (unpaired) electrons. The molecule has 0 saturated carbocycles. The molecule has 0 saturated heterocycles. The van der Waals surface area contributed by atoms with E-state index in [1.54, 1.807) is 30.2 Å². The SMILES string of the molecule is COCCNC(=O)Cc1cccc(N(Cc2ccc(C)cc2)C(=O)c2ccc3c(c2)OCO3)c1. The maximum Gasteiger partial charge on any atom is 0.258 e. The Kier molecular flexibility index (Phi) is 7.44. The van der Waals surface area contributed by atoms with Crippen molar-refractivity contribution in [2.24, 2.45) is 0 Å². The maximum absolute atomic E-state index is 13.7. The summed E-state index contributed by atoms with van der Waals surface area (Å²) in [6.07, 6.45) is 0.216.